The number of nitrogens with one attached hydrogen (secondary N) is 2. The first-order chi connectivity index (χ1) is 16.2. The summed E-state index contributed by atoms with van der Waals surface area (Å²) in [6.45, 7) is 10.7. The maximum atomic E-state index is 5.97. The van der Waals surface area contributed by atoms with Crippen LogP contribution in [0.1, 0.15) is 36.1 Å². The summed E-state index contributed by atoms with van der Waals surface area (Å²) in [5.41, 5.74) is 4.65. The summed E-state index contributed by atoms with van der Waals surface area (Å²) in [6.07, 6.45) is 5.60. The van der Waals surface area contributed by atoms with Gasteiger partial charge in [-0.05, 0) is 43.5 Å². The minimum atomic E-state index is 0. The molecule has 0 fully saturated rings. The molecule has 184 valence electrons. The Kier molecular flexibility index (Phi) is 12.5. The molecule has 0 amide bonds. The van der Waals surface area contributed by atoms with Crippen molar-refractivity contribution in [3.63, 3.8) is 0 Å². The first-order valence-electron chi connectivity index (χ1n) is 11.5. The standard InChI is InChI=1S/C26H35N5O2.HI/c1-4-28-26(29-17-22-7-6-8-23(16-22)19-31-12-11-27-20-31)30-18-24-10-9-21(3)15-25(24)33-14-13-32-5-2;/h6-12,15-16,20H,4-5,13-14,17-19H2,1-3H3,(H2,28,29,30);1H. The summed E-state index contributed by atoms with van der Waals surface area (Å²) in [7, 11) is 0. The Labute approximate surface area is 220 Å². The van der Waals surface area contributed by atoms with E-state index in [4.69, 9.17) is 14.5 Å². The summed E-state index contributed by atoms with van der Waals surface area (Å²) in [4.78, 5) is 8.90. The van der Waals surface area contributed by atoms with Crippen LogP contribution in [0.4, 0.5) is 0 Å². The Morgan fingerprint density at radius 3 is 2.68 bits per heavy atom. The molecule has 8 heteroatoms. The highest BCUT2D eigenvalue weighted by molar-refractivity contribution is 14.0. The van der Waals surface area contributed by atoms with Gasteiger partial charge in [0.1, 0.15) is 12.4 Å². The van der Waals surface area contributed by atoms with Gasteiger partial charge in [0.15, 0.2) is 5.96 Å². The van der Waals surface area contributed by atoms with Crippen molar-refractivity contribution in [3.8, 4) is 5.75 Å². The molecule has 0 atom stereocenters. The Morgan fingerprint density at radius 1 is 1.06 bits per heavy atom. The summed E-state index contributed by atoms with van der Waals surface area (Å²) in [6, 6.07) is 14.8. The number of aliphatic imine (C=N–C) groups is 1. The van der Waals surface area contributed by atoms with Crippen molar-refractivity contribution >= 4 is 29.9 Å². The quantitative estimate of drug-likeness (QED) is 0.143. The van der Waals surface area contributed by atoms with Crippen molar-refractivity contribution in [3.05, 3.63) is 83.4 Å². The molecule has 2 N–H and O–H groups in total. The van der Waals surface area contributed by atoms with Crippen LogP contribution in [0.2, 0.25) is 0 Å². The van der Waals surface area contributed by atoms with Gasteiger partial charge in [-0.3, -0.25) is 0 Å². The molecular weight excluding hydrogens is 541 g/mol. The van der Waals surface area contributed by atoms with Crippen LogP contribution in [0.15, 0.2) is 66.2 Å². The molecule has 3 aromatic rings. The average Bonchev–Trinajstić information content (AvgIpc) is 3.33. The van der Waals surface area contributed by atoms with Crippen molar-refractivity contribution in [1.29, 1.82) is 0 Å². The van der Waals surface area contributed by atoms with Crippen LogP contribution < -0.4 is 15.4 Å². The van der Waals surface area contributed by atoms with E-state index in [2.05, 4.69) is 76.5 Å². The van der Waals surface area contributed by atoms with Gasteiger partial charge in [0, 0.05) is 44.2 Å². The highest BCUT2D eigenvalue weighted by Crippen LogP contribution is 2.20. The van der Waals surface area contributed by atoms with E-state index in [9.17, 15) is 0 Å². The predicted octanol–water partition coefficient (Wildman–Crippen LogP) is 4.53. The number of aromatic nitrogens is 2. The van der Waals surface area contributed by atoms with E-state index in [0.29, 0.717) is 32.9 Å². The van der Waals surface area contributed by atoms with Gasteiger partial charge in [-0.2, -0.15) is 0 Å². The van der Waals surface area contributed by atoms with Gasteiger partial charge in [-0.25, -0.2) is 9.98 Å². The molecule has 0 saturated heterocycles. The van der Waals surface area contributed by atoms with Crippen molar-refractivity contribution in [1.82, 2.24) is 20.2 Å². The fourth-order valence-corrected chi connectivity index (χ4v) is 3.41. The number of nitrogens with zero attached hydrogens (tertiary/aromatic N) is 3. The van der Waals surface area contributed by atoms with Crippen LogP contribution in [0.25, 0.3) is 0 Å². The molecule has 0 aliphatic carbocycles. The minimum Gasteiger partial charge on any atom is -0.491 e. The van der Waals surface area contributed by atoms with Gasteiger partial charge >= 0.3 is 0 Å². The fraction of sp³-hybridized carbons (Fsp3) is 0.385. The van der Waals surface area contributed by atoms with Crippen LogP contribution in [0.3, 0.4) is 0 Å². The molecule has 0 spiro atoms. The zero-order valence-electron chi connectivity index (χ0n) is 20.3. The number of halogens is 1. The third-order valence-electron chi connectivity index (χ3n) is 5.04. The van der Waals surface area contributed by atoms with Crippen molar-refractivity contribution in [2.75, 3.05) is 26.4 Å². The minimum absolute atomic E-state index is 0. The van der Waals surface area contributed by atoms with E-state index in [1.165, 1.54) is 16.7 Å². The second-order valence-corrected chi connectivity index (χ2v) is 7.76. The fourth-order valence-electron chi connectivity index (χ4n) is 3.41. The Hall–Kier alpha value is -2.59. The number of benzene rings is 2. The molecule has 0 aliphatic rings. The third kappa shape index (κ3) is 9.34. The monoisotopic (exact) mass is 577 g/mol. The molecule has 1 heterocycles. The average molecular weight is 578 g/mol. The van der Waals surface area contributed by atoms with Gasteiger partial charge in [0.05, 0.1) is 19.5 Å². The Bertz CT molecular complexity index is 1010. The first-order valence-corrected chi connectivity index (χ1v) is 11.5. The maximum absolute atomic E-state index is 5.97. The zero-order valence-corrected chi connectivity index (χ0v) is 22.6. The first kappa shape index (κ1) is 27.7. The van der Waals surface area contributed by atoms with Crippen molar-refractivity contribution < 1.29 is 9.47 Å². The molecule has 0 bridgehead atoms. The van der Waals surface area contributed by atoms with E-state index in [-0.39, 0.29) is 24.0 Å². The number of imidazole rings is 1. The molecule has 3 rings (SSSR count). The lowest BCUT2D eigenvalue weighted by molar-refractivity contribution is 0.110. The van der Waals surface area contributed by atoms with E-state index in [0.717, 1.165) is 30.4 Å². The summed E-state index contributed by atoms with van der Waals surface area (Å²) < 4.78 is 13.4. The smallest absolute Gasteiger partial charge is 0.191 e. The summed E-state index contributed by atoms with van der Waals surface area (Å²) in [5.74, 6) is 1.66. The molecule has 2 aromatic carbocycles. The van der Waals surface area contributed by atoms with Gasteiger partial charge in [-0.15, -0.1) is 24.0 Å². The van der Waals surface area contributed by atoms with Gasteiger partial charge in [-0.1, -0.05) is 36.4 Å². The maximum Gasteiger partial charge on any atom is 0.191 e. The van der Waals surface area contributed by atoms with Gasteiger partial charge in [0.25, 0.3) is 0 Å². The van der Waals surface area contributed by atoms with E-state index >= 15 is 0 Å². The van der Waals surface area contributed by atoms with Crippen molar-refractivity contribution in [2.24, 2.45) is 4.99 Å². The van der Waals surface area contributed by atoms with Crippen molar-refractivity contribution in [2.45, 2.75) is 40.4 Å². The number of aryl methyl sites for hydroxylation is 1. The third-order valence-corrected chi connectivity index (χ3v) is 5.04. The molecule has 0 saturated carbocycles. The number of guanidine groups is 1. The van der Waals surface area contributed by atoms with Gasteiger partial charge < -0.3 is 24.7 Å². The molecule has 1 aromatic heterocycles. The molecule has 0 radical (unpaired) electrons. The van der Waals surface area contributed by atoms with E-state index in [1.54, 1.807) is 6.20 Å². The lowest BCUT2D eigenvalue weighted by Gasteiger charge is -2.15. The van der Waals surface area contributed by atoms with Gasteiger partial charge in [0.2, 0.25) is 0 Å². The van der Waals surface area contributed by atoms with Crippen LogP contribution in [-0.4, -0.2) is 41.9 Å². The number of rotatable bonds is 12. The molecule has 0 unspecified atom stereocenters. The number of ether oxygens (including phenoxy) is 2. The molecular formula is C26H36IN5O2. The SMILES string of the molecule is CCNC(=NCc1cccc(Cn2ccnc2)c1)NCc1ccc(C)cc1OCCOCC.I. The molecule has 0 aliphatic heterocycles. The zero-order chi connectivity index (χ0) is 23.3. The largest absolute Gasteiger partial charge is 0.491 e. The topological polar surface area (TPSA) is 72.7 Å². The lowest BCUT2D eigenvalue weighted by Crippen LogP contribution is -2.36. The highest BCUT2D eigenvalue weighted by atomic mass is 127. The Balaban J connectivity index is 0.00000408. The Morgan fingerprint density at radius 2 is 1.91 bits per heavy atom. The second-order valence-electron chi connectivity index (χ2n) is 7.76. The summed E-state index contributed by atoms with van der Waals surface area (Å²) >= 11 is 0. The van der Waals surface area contributed by atoms with Crippen LogP contribution >= 0.6 is 24.0 Å². The second kappa shape index (κ2) is 15.3. The predicted molar refractivity (Wildman–Crippen MR) is 148 cm³/mol. The summed E-state index contributed by atoms with van der Waals surface area (Å²) in [5, 5.41) is 6.77. The van der Waals surface area contributed by atoms with E-state index < -0.39 is 0 Å². The van der Waals surface area contributed by atoms with Crippen LogP contribution in [0.5, 0.6) is 5.75 Å². The highest BCUT2D eigenvalue weighted by Gasteiger charge is 2.06. The normalized spacial score (nSPS) is 11.1. The van der Waals surface area contributed by atoms with Crippen LogP contribution in [-0.2, 0) is 24.4 Å². The molecule has 7 nitrogen and oxygen atoms in total. The number of hydrogen-bond acceptors (Lipinski definition) is 4. The molecule has 34 heavy (non-hydrogen) atoms. The van der Waals surface area contributed by atoms with E-state index in [1.807, 2.05) is 19.4 Å². The van der Waals surface area contributed by atoms with Crippen LogP contribution in [0, 0.1) is 6.92 Å². The lowest BCUT2D eigenvalue weighted by atomic mass is 10.1. The number of hydrogen-bond donors (Lipinski definition) is 2.